The highest BCUT2D eigenvalue weighted by molar-refractivity contribution is 6.26. The van der Waals surface area contributed by atoms with Crippen LogP contribution in [0.1, 0.15) is 17.8 Å². The third-order valence-corrected chi connectivity index (χ3v) is 7.82. The summed E-state index contributed by atoms with van der Waals surface area (Å²) in [5.41, 5.74) is 1.33. The van der Waals surface area contributed by atoms with Crippen molar-refractivity contribution in [1.82, 2.24) is 0 Å². The predicted molar refractivity (Wildman–Crippen MR) is 183 cm³/mol. The highest BCUT2D eigenvalue weighted by Gasteiger charge is 2.20. The number of rotatable bonds is 3. The third kappa shape index (κ3) is 3.72. The third-order valence-electron chi connectivity index (χ3n) is 7.82. The molecule has 0 saturated heterocycles. The monoisotopic (exact) mass is 559 g/mol. The van der Waals surface area contributed by atoms with Gasteiger partial charge < -0.3 is 4.42 Å². The molecule has 0 aliphatic carbocycles. The van der Waals surface area contributed by atoms with Gasteiger partial charge in [-0.05, 0) is 89.9 Å². The molecular weight excluding hydrogens is 520 g/mol. The van der Waals surface area contributed by atoms with Gasteiger partial charge in [-0.25, -0.2) is 0 Å². The van der Waals surface area contributed by atoms with Crippen molar-refractivity contribution in [3.8, 4) is 33.4 Å². The maximum Gasteiger partial charge on any atom is 0.136 e. The summed E-state index contributed by atoms with van der Waals surface area (Å²) in [6.07, 6.45) is 0. The van der Waals surface area contributed by atoms with E-state index in [4.69, 9.17) is 16.8 Å². The maximum absolute atomic E-state index is 9.49. The second-order valence-electron chi connectivity index (χ2n) is 10.2. The van der Waals surface area contributed by atoms with E-state index in [0.29, 0.717) is 38.2 Å². The van der Waals surface area contributed by atoms with Crippen LogP contribution in [0.2, 0.25) is 0 Å². The molecule has 0 aliphatic heterocycles. The van der Waals surface area contributed by atoms with Crippen LogP contribution in [0.15, 0.2) is 162 Å². The van der Waals surface area contributed by atoms with E-state index >= 15 is 0 Å². The minimum atomic E-state index is -0.567. The van der Waals surface area contributed by atoms with Crippen molar-refractivity contribution in [2.24, 2.45) is 0 Å². The van der Waals surface area contributed by atoms with Crippen molar-refractivity contribution in [2.45, 2.75) is 0 Å². The average molecular weight is 560 g/mol. The van der Waals surface area contributed by atoms with Crippen molar-refractivity contribution in [2.75, 3.05) is 0 Å². The molecule has 0 aliphatic rings. The van der Waals surface area contributed by atoms with Crippen molar-refractivity contribution in [1.29, 1.82) is 0 Å². The Hall–Kier alpha value is -5.66. The Morgan fingerprint density at radius 2 is 1.07 bits per heavy atom. The zero-order valence-corrected chi connectivity index (χ0v) is 22.4. The van der Waals surface area contributed by atoms with Crippen LogP contribution in [0.5, 0.6) is 0 Å². The molecule has 1 heteroatoms. The largest absolute Gasteiger partial charge is 0.456 e. The Kier molecular flexibility index (Phi) is 3.18. The van der Waals surface area contributed by atoms with Gasteiger partial charge >= 0.3 is 0 Å². The summed E-state index contributed by atoms with van der Waals surface area (Å²) in [5, 5.41) is 1.76. The number of furan rings is 1. The molecule has 0 bridgehead atoms. The van der Waals surface area contributed by atoms with Gasteiger partial charge in [0.25, 0.3) is 0 Å². The first-order valence-corrected chi connectivity index (χ1v) is 13.7. The van der Waals surface area contributed by atoms with E-state index in [9.17, 15) is 5.48 Å². The fourth-order valence-corrected chi connectivity index (χ4v) is 5.96. The Morgan fingerprint density at radius 1 is 0.419 bits per heavy atom. The van der Waals surface area contributed by atoms with E-state index in [1.807, 2.05) is 0 Å². The number of hydrogen-bond donors (Lipinski definition) is 0. The van der Waals surface area contributed by atoms with Crippen molar-refractivity contribution >= 4 is 54.3 Å². The molecule has 9 rings (SSSR count). The molecule has 0 spiro atoms. The van der Waals surface area contributed by atoms with Crippen molar-refractivity contribution in [3.05, 3.63) is 157 Å². The second-order valence-corrected chi connectivity index (χ2v) is 10.2. The lowest BCUT2D eigenvalue weighted by atomic mass is 9.84. The molecule has 0 fully saturated rings. The van der Waals surface area contributed by atoms with Crippen LogP contribution in [0, 0.1) is 0 Å². The first-order chi connectivity index (χ1) is 26.8. The second kappa shape index (κ2) is 9.44. The Morgan fingerprint density at radius 3 is 1.81 bits per heavy atom. The summed E-state index contributed by atoms with van der Waals surface area (Å²) in [4.78, 5) is 0. The summed E-state index contributed by atoms with van der Waals surface area (Å²) in [6, 6.07) is 17.5. The van der Waals surface area contributed by atoms with Gasteiger partial charge in [0.1, 0.15) is 11.2 Å². The van der Waals surface area contributed by atoms with E-state index in [-0.39, 0.29) is 79.6 Å². The molecule has 200 valence electrons. The molecule has 8 aromatic carbocycles. The summed E-state index contributed by atoms with van der Waals surface area (Å²) < 4.78 is 122. The van der Waals surface area contributed by atoms with Gasteiger partial charge in [0.05, 0.1) is 17.8 Å². The molecule has 0 atom stereocenters. The Bertz CT molecular complexity index is 3170. The first kappa shape index (κ1) is 14.5. The molecule has 9 aromatic rings. The first-order valence-electron chi connectivity index (χ1n) is 20.2. The van der Waals surface area contributed by atoms with Crippen LogP contribution in [-0.4, -0.2) is 0 Å². The number of hydrogen-bond acceptors (Lipinski definition) is 1. The molecule has 0 saturated carbocycles. The average Bonchev–Trinajstić information content (AvgIpc) is 3.61. The zero-order valence-electron chi connectivity index (χ0n) is 35.4. The lowest BCUT2D eigenvalue weighted by Gasteiger charge is -2.18. The van der Waals surface area contributed by atoms with E-state index in [0.717, 1.165) is 0 Å². The topological polar surface area (TPSA) is 13.1 Å². The molecule has 1 aromatic heterocycles. The molecule has 1 heterocycles. The Labute approximate surface area is 267 Å². The van der Waals surface area contributed by atoms with Crippen molar-refractivity contribution in [3.63, 3.8) is 0 Å². The van der Waals surface area contributed by atoms with Gasteiger partial charge in [-0.3, -0.25) is 0 Å². The van der Waals surface area contributed by atoms with Gasteiger partial charge in [0, 0.05) is 10.8 Å². The minimum absolute atomic E-state index is 0.0260. The van der Waals surface area contributed by atoms with Gasteiger partial charge in [-0.15, -0.1) is 0 Å². The summed E-state index contributed by atoms with van der Waals surface area (Å²) in [5.74, 6) is 0. The van der Waals surface area contributed by atoms with Crippen LogP contribution < -0.4 is 0 Å². The van der Waals surface area contributed by atoms with E-state index in [2.05, 4.69) is 0 Å². The van der Waals surface area contributed by atoms with Crippen LogP contribution >= 0.6 is 0 Å². The fourth-order valence-electron chi connectivity index (χ4n) is 5.96. The predicted octanol–water partition coefficient (Wildman–Crippen LogP) is 12.0. The fraction of sp³-hybridized carbons (Fsp3) is 0. The molecular formula is C42H26O. The highest BCUT2D eigenvalue weighted by Crippen LogP contribution is 2.47. The standard InChI is InChI=1S/C42H26O/c1-2-11-27(12-3-1)30-23-24-38-37(26-30)42-36(19-10-20-39(42)43-38)41-34-17-8-6-15-32(34)40(33-16-7-9-18-35(33)41)31-22-21-28-13-4-5-14-29(28)25-31/h1-26H/i4D,5D,10D,13D,14D,19D,20D,21D,22D,23D,24D,25D,26D. The molecule has 0 radical (unpaired) electrons. The zero-order chi connectivity index (χ0) is 39.6. The summed E-state index contributed by atoms with van der Waals surface area (Å²) >= 11 is 0. The quantitative estimate of drug-likeness (QED) is 0.196. The van der Waals surface area contributed by atoms with Gasteiger partial charge in [0.2, 0.25) is 0 Å². The van der Waals surface area contributed by atoms with Crippen LogP contribution in [0.3, 0.4) is 0 Å². The lowest BCUT2D eigenvalue weighted by Crippen LogP contribution is -1.91. The Balaban J connectivity index is 1.50. The van der Waals surface area contributed by atoms with Crippen LogP contribution in [0.25, 0.3) is 87.6 Å². The van der Waals surface area contributed by atoms with E-state index in [1.165, 1.54) is 0 Å². The minimum Gasteiger partial charge on any atom is -0.456 e. The molecule has 43 heavy (non-hydrogen) atoms. The highest BCUT2D eigenvalue weighted by atomic mass is 16.3. The SMILES string of the molecule is [2H]c1c(-c2ccccc2)c([2H])c2c(oc3c([2H])c([2H])c([2H])c(-c4c5ccccc5c(-c5c([2H])c([2H])c6c([2H])c([2H])c([2H])c([2H])c6c5[2H])c5ccccc45)c32)c1[2H]. The lowest BCUT2D eigenvalue weighted by molar-refractivity contribution is 0.669. The smallest absolute Gasteiger partial charge is 0.136 e. The molecule has 0 amide bonds. The molecule has 0 N–H and O–H groups in total. The number of benzene rings is 8. The van der Waals surface area contributed by atoms with E-state index in [1.54, 1.807) is 78.9 Å². The van der Waals surface area contributed by atoms with Gasteiger partial charge in [0.15, 0.2) is 0 Å². The maximum atomic E-state index is 9.49. The molecule has 1 nitrogen and oxygen atoms in total. The van der Waals surface area contributed by atoms with Gasteiger partial charge in [-0.2, -0.15) is 0 Å². The normalized spacial score (nSPS) is 16.0. The van der Waals surface area contributed by atoms with Gasteiger partial charge in [-0.1, -0.05) is 133 Å². The number of fused-ring (bicyclic) bond motifs is 6. The molecule has 0 unspecified atom stereocenters. The van der Waals surface area contributed by atoms with Crippen LogP contribution in [-0.2, 0) is 0 Å². The summed E-state index contributed by atoms with van der Waals surface area (Å²) in [7, 11) is 0. The van der Waals surface area contributed by atoms with Crippen molar-refractivity contribution < 1.29 is 22.2 Å². The van der Waals surface area contributed by atoms with E-state index < -0.39 is 48.3 Å². The summed E-state index contributed by atoms with van der Waals surface area (Å²) in [6.45, 7) is 0. The van der Waals surface area contributed by atoms with Crippen LogP contribution in [0.4, 0.5) is 0 Å².